The summed E-state index contributed by atoms with van der Waals surface area (Å²) in [6, 6.07) is 8.35. The van der Waals surface area contributed by atoms with E-state index < -0.39 is 0 Å². The second-order valence-electron chi connectivity index (χ2n) is 6.79. The fourth-order valence-electron chi connectivity index (χ4n) is 3.17. The van der Waals surface area contributed by atoms with Crippen molar-refractivity contribution in [2.45, 2.75) is 26.3 Å². The van der Waals surface area contributed by atoms with Crippen molar-refractivity contribution in [3.8, 4) is 5.69 Å². The fourth-order valence-corrected chi connectivity index (χ4v) is 3.17. The molecule has 1 aliphatic heterocycles. The third kappa shape index (κ3) is 4.02. The number of hydrogen-bond donors (Lipinski definition) is 1. The van der Waals surface area contributed by atoms with E-state index in [-0.39, 0.29) is 18.4 Å². The first-order valence-corrected chi connectivity index (χ1v) is 8.83. The van der Waals surface area contributed by atoms with Crippen LogP contribution in [0.1, 0.15) is 34.7 Å². The number of benzene rings is 1. The highest BCUT2D eigenvalue weighted by atomic mass is 35.5. The molecule has 8 nitrogen and oxygen atoms in total. The van der Waals surface area contributed by atoms with Gasteiger partial charge in [0, 0.05) is 19.6 Å². The van der Waals surface area contributed by atoms with Crippen LogP contribution in [0.25, 0.3) is 5.69 Å². The maximum absolute atomic E-state index is 5.46. The van der Waals surface area contributed by atoms with Gasteiger partial charge in [-0.3, -0.25) is 4.90 Å². The highest BCUT2D eigenvalue weighted by Gasteiger charge is 2.25. The van der Waals surface area contributed by atoms with Gasteiger partial charge in [-0.25, -0.2) is 4.68 Å². The molecule has 0 radical (unpaired) electrons. The van der Waals surface area contributed by atoms with Crippen molar-refractivity contribution >= 4 is 12.4 Å². The molecule has 3 heterocycles. The van der Waals surface area contributed by atoms with E-state index in [1.54, 1.807) is 0 Å². The molecule has 1 saturated heterocycles. The van der Waals surface area contributed by atoms with Gasteiger partial charge in [0.1, 0.15) is 0 Å². The molecule has 0 aliphatic carbocycles. The predicted octanol–water partition coefficient (Wildman–Crippen LogP) is 1.86. The Labute approximate surface area is 164 Å². The molecule has 0 bridgehead atoms. The van der Waals surface area contributed by atoms with Crippen LogP contribution in [0.2, 0.25) is 0 Å². The van der Waals surface area contributed by atoms with E-state index >= 15 is 0 Å². The summed E-state index contributed by atoms with van der Waals surface area (Å²) in [6.07, 6.45) is 0.481. The molecule has 1 aromatic carbocycles. The Hall–Kier alpha value is -2.29. The number of halogens is 1. The minimum absolute atomic E-state index is 0. The van der Waals surface area contributed by atoms with Gasteiger partial charge in [0.25, 0.3) is 0 Å². The zero-order chi connectivity index (χ0) is 18.1. The average molecular weight is 390 g/mol. The Morgan fingerprint density at radius 1 is 1.22 bits per heavy atom. The van der Waals surface area contributed by atoms with E-state index in [2.05, 4.69) is 56.8 Å². The van der Waals surface area contributed by atoms with Gasteiger partial charge >= 0.3 is 0 Å². The zero-order valence-electron chi connectivity index (χ0n) is 15.7. The quantitative estimate of drug-likeness (QED) is 0.728. The van der Waals surface area contributed by atoms with Crippen LogP contribution in [0, 0.1) is 13.8 Å². The first-order valence-electron chi connectivity index (χ1n) is 8.83. The summed E-state index contributed by atoms with van der Waals surface area (Å²) in [5.74, 6) is 1.29. The van der Waals surface area contributed by atoms with Crippen molar-refractivity contribution in [1.82, 2.24) is 35.4 Å². The lowest BCUT2D eigenvalue weighted by Gasteiger charge is -2.30. The number of likely N-dealkylation sites (N-methyl/N-ethyl adjacent to an activating group) is 1. The van der Waals surface area contributed by atoms with Crippen molar-refractivity contribution in [2.75, 3.05) is 26.7 Å². The average Bonchev–Trinajstić information content (AvgIpc) is 3.24. The minimum atomic E-state index is 0. The molecule has 1 unspecified atom stereocenters. The third-order valence-electron chi connectivity index (χ3n) is 4.88. The fraction of sp³-hybridized carbons (Fsp3) is 0.444. The van der Waals surface area contributed by atoms with E-state index in [0.29, 0.717) is 12.3 Å². The van der Waals surface area contributed by atoms with E-state index in [4.69, 9.17) is 4.52 Å². The van der Waals surface area contributed by atoms with E-state index in [1.165, 1.54) is 5.56 Å². The topological polar surface area (TPSA) is 84.9 Å². The lowest BCUT2D eigenvalue weighted by molar-refractivity contribution is 0.190. The van der Waals surface area contributed by atoms with Gasteiger partial charge in [-0.15, -0.1) is 17.5 Å². The summed E-state index contributed by atoms with van der Waals surface area (Å²) in [4.78, 5) is 6.82. The van der Waals surface area contributed by atoms with E-state index in [0.717, 1.165) is 42.5 Å². The van der Waals surface area contributed by atoms with Crippen LogP contribution in [0.15, 0.2) is 28.8 Å². The molecule has 144 valence electrons. The van der Waals surface area contributed by atoms with Crippen molar-refractivity contribution in [3.05, 3.63) is 52.9 Å². The summed E-state index contributed by atoms with van der Waals surface area (Å²) < 4.78 is 7.30. The zero-order valence-corrected chi connectivity index (χ0v) is 16.5. The molecule has 1 fully saturated rings. The van der Waals surface area contributed by atoms with Gasteiger partial charge in [-0.05, 0) is 33.0 Å². The van der Waals surface area contributed by atoms with Crippen LogP contribution in [-0.4, -0.2) is 56.7 Å². The lowest BCUT2D eigenvalue weighted by atomic mass is 10.2. The smallest absolute Gasteiger partial charge is 0.232 e. The predicted molar refractivity (Wildman–Crippen MR) is 103 cm³/mol. The first-order chi connectivity index (χ1) is 12.6. The molecule has 3 aromatic rings. The number of hydrogen-bond acceptors (Lipinski definition) is 7. The van der Waals surface area contributed by atoms with Gasteiger partial charge < -0.3 is 9.84 Å². The molecule has 0 amide bonds. The molecule has 4 rings (SSSR count). The number of aryl methyl sites for hydroxylation is 1. The SMILES string of the molecule is Cc1ccc(-n2nnc(Cc3nc(C4CNCCN4C)no3)c2C)cc1.Cl. The van der Waals surface area contributed by atoms with Crippen molar-refractivity contribution in [1.29, 1.82) is 0 Å². The monoisotopic (exact) mass is 389 g/mol. The summed E-state index contributed by atoms with van der Waals surface area (Å²) in [5.41, 5.74) is 4.03. The molecule has 27 heavy (non-hydrogen) atoms. The lowest BCUT2D eigenvalue weighted by Crippen LogP contribution is -2.44. The number of rotatable bonds is 4. The number of nitrogens with zero attached hydrogens (tertiary/aromatic N) is 6. The Morgan fingerprint density at radius 3 is 2.74 bits per heavy atom. The van der Waals surface area contributed by atoms with Crippen molar-refractivity contribution in [2.24, 2.45) is 0 Å². The van der Waals surface area contributed by atoms with Crippen LogP contribution in [0.5, 0.6) is 0 Å². The molecule has 1 atom stereocenters. The Morgan fingerprint density at radius 2 is 2.00 bits per heavy atom. The number of aromatic nitrogens is 5. The number of piperazine rings is 1. The third-order valence-corrected chi connectivity index (χ3v) is 4.88. The Balaban J connectivity index is 0.00000210. The standard InChI is InChI=1S/C18H23N7O.ClH/c1-12-4-6-14(7-5-12)25-13(2)15(21-23-25)10-17-20-18(22-26-17)16-11-19-8-9-24(16)3;/h4-7,16,19H,8-11H2,1-3H3;1H. The van der Waals surface area contributed by atoms with Crippen molar-refractivity contribution < 1.29 is 4.52 Å². The molecule has 9 heteroatoms. The molecule has 0 spiro atoms. The Kier molecular flexibility index (Phi) is 5.88. The van der Waals surface area contributed by atoms with E-state index in [1.807, 2.05) is 23.7 Å². The maximum Gasteiger partial charge on any atom is 0.232 e. The van der Waals surface area contributed by atoms with Gasteiger partial charge in [-0.2, -0.15) is 4.98 Å². The largest absolute Gasteiger partial charge is 0.339 e. The van der Waals surface area contributed by atoms with Crippen LogP contribution in [0.3, 0.4) is 0 Å². The molecular formula is C18H24ClN7O. The molecular weight excluding hydrogens is 366 g/mol. The second-order valence-corrected chi connectivity index (χ2v) is 6.79. The van der Waals surface area contributed by atoms with Crippen LogP contribution in [0.4, 0.5) is 0 Å². The minimum Gasteiger partial charge on any atom is -0.339 e. The maximum atomic E-state index is 5.46. The molecule has 1 N–H and O–H groups in total. The van der Waals surface area contributed by atoms with Gasteiger partial charge in [0.2, 0.25) is 5.89 Å². The van der Waals surface area contributed by atoms with Gasteiger partial charge in [-0.1, -0.05) is 28.1 Å². The highest BCUT2D eigenvalue weighted by molar-refractivity contribution is 5.85. The Bertz CT molecular complexity index is 890. The van der Waals surface area contributed by atoms with Crippen LogP contribution < -0.4 is 5.32 Å². The normalized spacial score (nSPS) is 17.7. The summed E-state index contributed by atoms with van der Waals surface area (Å²) in [6.45, 7) is 6.86. The van der Waals surface area contributed by atoms with Crippen LogP contribution >= 0.6 is 12.4 Å². The molecule has 0 saturated carbocycles. The van der Waals surface area contributed by atoms with Crippen LogP contribution in [-0.2, 0) is 6.42 Å². The summed E-state index contributed by atoms with van der Waals surface area (Å²) in [5, 5.41) is 16.1. The first kappa shape index (κ1) is 19.5. The summed E-state index contributed by atoms with van der Waals surface area (Å²) >= 11 is 0. The molecule has 1 aliphatic rings. The summed E-state index contributed by atoms with van der Waals surface area (Å²) in [7, 11) is 2.08. The van der Waals surface area contributed by atoms with Gasteiger partial charge in [0.15, 0.2) is 5.82 Å². The second kappa shape index (κ2) is 8.16. The van der Waals surface area contributed by atoms with Crippen molar-refractivity contribution in [3.63, 3.8) is 0 Å². The number of nitrogens with one attached hydrogen (secondary N) is 1. The molecule has 2 aromatic heterocycles. The highest BCUT2D eigenvalue weighted by Crippen LogP contribution is 2.19. The van der Waals surface area contributed by atoms with E-state index in [9.17, 15) is 0 Å². The van der Waals surface area contributed by atoms with Gasteiger partial charge in [0.05, 0.1) is 29.5 Å².